The first kappa shape index (κ1) is 16.0. The van der Waals surface area contributed by atoms with Crippen molar-refractivity contribution in [2.24, 2.45) is 0 Å². The number of carboxylic acids is 1. The summed E-state index contributed by atoms with van der Waals surface area (Å²) in [5, 5.41) is 13.4. The van der Waals surface area contributed by atoms with Crippen LogP contribution in [0.5, 0.6) is 5.75 Å². The molecule has 0 spiro atoms. The van der Waals surface area contributed by atoms with E-state index in [-0.39, 0.29) is 12.3 Å². The second-order valence-electron chi connectivity index (χ2n) is 4.61. The zero-order chi connectivity index (χ0) is 15.9. The van der Waals surface area contributed by atoms with Crippen LogP contribution >= 0.6 is 11.3 Å². The van der Waals surface area contributed by atoms with Gasteiger partial charge in [0.2, 0.25) is 5.91 Å². The number of aryl methyl sites for hydroxylation is 1. The Balaban J connectivity index is 1.82. The molecule has 0 unspecified atom stereocenters. The standard InChI is InChI=1S/C15H16N2O4S/c1-21-12-5-2-10(3-6-12)4-7-13(18)17-15-16-11(9-22-15)8-14(19)20/h2-3,5-6,9H,4,7-8H2,1H3,(H,19,20)(H,16,17,18). The number of ether oxygens (including phenoxy) is 1. The van der Waals surface area contributed by atoms with E-state index in [1.54, 1.807) is 12.5 Å². The molecule has 0 fully saturated rings. The summed E-state index contributed by atoms with van der Waals surface area (Å²) in [7, 11) is 1.61. The number of aromatic nitrogens is 1. The molecule has 6 nitrogen and oxygen atoms in total. The Morgan fingerprint density at radius 2 is 2.05 bits per heavy atom. The SMILES string of the molecule is COc1ccc(CCC(=O)Nc2nc(CC(=O)O)cs2)cc1. The van der Waals surface area contributed by atoms with Crippen LogP contribution < -0.4 is 10.1 Å². The largest absolute Gasteiger partial charge is 0.497 e. The number of hydrogen-bond donors (Lipinski definition) is 2. The van der Waals surface area contributed by atoms with Gasteiger partial charge in [-0.05, 0) is 24.1 Å². The third kappa shape index (κ3) is 4.85. The molecule has 0 aliphatic carbocycles. The van der Waals surface area contributed by atoms with E-state index in [0.717, 1.165) is 11.3 Å². The minimum absolute atomic E-state index is 0.141. The van der Waals surface area contributed by atoms with Gasteiger partial charge in [-0.1, -0.05) is 12.1 Å². The molecular weight excluding hydrogens is 304 g/mol. The molecule has 1 heterocycles. The normalized spacial score (nSPS) is 10.2. The van der Waals surface area contributed by atoms with Crippen LogP contribution in [0.4, 0.5) is 5.13 Å². The van der Waals surface area contributed by atoms with E-state index in [1.807, 2.05) is 24.3 Å². The summed E-state index contributed by atoms with van der Waals surface area (Å²) in [6.45, 7) is 0. The minimum atomic E-state index is -0.942. The summed E-state index contributed by atoms with van der Waals surface area (Å²) in [6, 6.07) is 7.54. The second-order valence-corrected chi connectivity index (χ2v) is 5.47. The lowest BCUT2D eigenvalue weighted by molar-refractivity contribution is -0.136. The highest BCUT2D eigenvalue weighted by Gasteiger charge is 2.09. The molecule has 2 rings (SSSR count). The van der Waals surface area contributed by atoms with Crippen molar-refractivity contribution in [3.63, 3.8) is 0 Å². The van der Waals surface area contributed by atoms with E-state index in [2.05, 4.69) is 10.3 Å². The van der Waals surface area contributed by atoms with Gasteiger partial charge in [0.05, 0.1) is 19.2 Å². The van der Waals surface area contributed by atoms with E-state index < -0.39 is 5.97 Å². The summed E-state index contributed by atoms with van der Waals surface area (Å²) >= 11 is 1.22. The van der Waals surface area contributed by atoms with Gasteiger partial charge in [0, 0.05) is 11.8 Å². The fourth-order valence-corrected chi connectivity index (χ4v) is 2.56. The first-order chi connectivity index (χ1) is 10.6. The zero-order valence-corrected chi connectivity index (χ0v) is 12.9. The van der Waals surface area contributed by atoms with Crippen molar-refractivity contribution in [2.45, 2.75) is 19.3 Å². The first-order valence-corrected chi connectivity index (χ1v) is 7.54. The number of carbonyl (C=O) groups is 2. The number of benzene rings is 1. The van der Waals surface area contributed by atoms with E-state index in [0.29, 0.717) is 23.7 Å². The molecule has 0 atom stereocenters. The molecule has 0 saturated heterocycles. The van der Waals surface area contributed by atoms with Crippen LogP contribution in [0, 0.1) is 0 Å². The maximum Gasteiger partial charge on any atom is 0.309 e. The number of aliphatic carboxylic acids is 1. The van der Waals surface area contributed by atoms with E-state index in [1.165, 1.54) is 11.3 Å². The van der Waals surface area contributed by atoms with Crippen molar-refractivity contribution >= 4 is 28.3 Å². The number of amides is 1. The molecule has 0 aliphatic rings. The number of nitrogens with zero attached hydrogens (tertiary/aromatic N) is 1. The Morgan fingerprint density at radius 1 is 1.32 bits per heavy atom. The Morgan fingerprint density at radius 3 is 2.68 bits per heavy atom. The lowest BCUT2D eigenvalue weighted by atomic mass is 10.1. The summed E-state index contributed by atoms with van der Waals surface area (Å²) in [4.78, 5) is 26.5. The third-order valence-corrected chi connectivity index (χ3v) is 3.74. The fraction of sp³-hybridized carbons (Fsp3) is 0.267. The molecular formula is C15H16N2O4S. The van der Waals surface area contributed by atoms with Gasteiger partial charge in [-0.3, -0.25) is 9.59 Å². The van der Waals surface area contributed by atoms with Gasteiger partial charge in [0.15, 0.2) is 5.13 Å². The third-order valence-electron chi connectivity index (χ3n) is 2.93. The first-order valence-electron chi connectivity index (χ1n) is 6.66. The number of anilines is 1. The highest BCUT2D eigenvalue weighted by molar-refractivity contribution is 7.13. The number of rotatable bonds is 7. The molecule has 22 heavy (non-hydrogen) atoms. The van der Waals surface area contributed by atoms with E-state index >= 15 is 0 Å². The topological polar surface area (TPSA) is 88.5 Å². The Bertz CT molecular complexity index is 652. The second kappa shape index (κ2) is 7.56. The quantitative estimate of drug-likeness (QED) is 0.817. The highest BCUT2D eigenvalue weighted by atomic mass is 32.1. The lowest BCUT2D eigenvalue weighted by Gasteiger charge is -2.04. The number of hydrogen-bond acceptors (Lipinski definition) is 5. The van der Waals surface area contributed by atoms with Crippen molar-refractivity contribution in [2.75, 3.05) is 12.4 Å². The monoisotopic (exact) mass is 320 g/mol. The molecule has 1 aromatic heterocycles. The highest BCUT2D eigenvalue weighted by Crippen LogP contribution is 2.17. The van der Waals surface area contributed by atoms with Gasteiger partial charge in [0.1, 0.15) is 5.75 Å². The van der Waals surface area contributed by atoms with Gasteiger partial charge in [0.25, 0.3) is 0 Å². The fourth-order valence-electron chi connectivity index (χ4n) is 1.83. The van der Waals surface area contributed by atoms with Gasteiger partial charge in [-0.2, -0.15) is 0 Å². The molecule has 0 aliphatic heterocycles. The van der Waals surface area contributed by atoms with Crippen LogP contribution in [0.25, 0.3) is 0 Å². The molecule has 0 radical (unpaired) electrons. The van der Waals surface area contributed by atoms with E-state index in [4.69, 9.17) is 9.84 Å². The number of methoxy groups -OCH3 is 1. The van der Waals surface area contributed by atoms with Crippen LogP contribution in [0.15, 0.2) is 29.6 Å². The van der Waals surface area contributed by atoms with Gasteiger partial charge >= 0.3 is 5.97 Å². The van der Waals surface area contributed by atoms with E-state index in [9.17, 15) is 9.59 Å². The maximum absolute atomic E-state index is 11.9. The van der Waals surface area contributed by atoms with Crippen LogP contribution in [0.2, 0.25) is 0 Å². The van der Waals surface area contributed by atoms with Crippen LogP contribution in [0.1, 0.15) is 17.7 Å². The Hall–Kier alpha value is -2.41. The van der Waals surface area contributed by atoms with Crippen molar-refractivity contribution in [3.8, 4) is 5.75 Å². The summed E-state index contributed by atoms with van der Waals surface area (Å²) in [5.74, 6) is -0.309. The summed E-state index contributed by atoms with van der Waals surface area (Å²) in [6.07, 6.45) is 0.807. The van der Waals surface area contributed by atoms with Crippen molar-refractivity contribution in [1.29, 1.82) is 0 Å². The molecule has 1 aromatic carbocycles. The van der Waals surface area contributed by atoms with Crippen LogP contribution in [-0.2, 0) is 22.4 Å². The number of carboxylic acid groups (broad SMARTS) is 1. The molecule has 7 heteroatoms. The maximum atomic E-state index is 11.9. The minimum Gasteiger partial charge on any atom is -0.497 e. The Kier molecular flexibility index (Phi) is 5.48. The van der Waals surface area contributed by atoms with Crippen molar-refractivity contribution in [3.05, 3.63) is 40.9 Å². The number of thiazole rings is 1. The molecule has 0 saturated carbocycles. The summed E-state index contributed by atoms with van der Waals surface area (Å²) < 4.78 is 5.08. The molecule has 2 N–H and O–H groups in total. The van der Waals surface area contributed by atoms with Gasteiger partial charge in [-0.15, -0.1) is 11.3 Å². The van der Waals surface area contributed by atoms with Crippen LogP contribution in [0.3, 0.4) is 0 Å². The van der Waals surface area contributed by atoms with Gasteiger partial charge in [-0.25, -0.2) is 4.98 Å². The predicted molar refractivity (Wildman–Crippen MR) is 83.4 cm³/mol. The lowest BCUT2D eigenvalue weighted by Crippen LogP contribution is -2.12. The molecule has 1 amide bonds. The number of nitrogens with one attached hydrogen (secondary N) is 1. The molecule has 2 aromatic rings. The smallest absolute Gasteiger partial charge is 0.309 e. The molecule has 0 bridgehead atoms. The average molecular weight is 320 g/mol. The Labute approximate surface area is 131 Å². The molecule has 116 valence electrons. The summed E-state index contributed by atoms with van der Waals surface area (Å²) in [5.41, 5.74) is 1.49. The van der Waals surface area contributed by atoms with Crippen molar-refractivity contribution in [1.82, 2.24) is 4.98 Å². The van der Waals surface area contributed by atoms with Gasteiger partial charge < -0.3 is 15.2 Å². The average Bonchev–Trinajstić information content (AvgIpc) is 2.92. The predicted octanol–water partition coefficient (Wildman–Crippen LogP) is 2.35. The number of carbonyl (C=O) groups excluding carboxylic acids is 1. The zero-order valence-electron chi connectivity index (χ0n) is 12.0. The van der Waals surface area contributed by atoms with Crippen molar-refractivity contribution < 1.29 is 19.4 Å². The van der Waals surface area contributed by atoms with Crippen LogP contribution in [-0.4, -0.2) is 29.1 Å².